The van der Waals surface area contributed by atoms with Crippen LogP contribution in [0.4, 0.5) is 15.8 Å². The van der Waals surface area contributed by atoms with Gasteiger partial charge in [0.15, 0.2) is 0 Å². The van der Waals surface area contributed by atoms with Crippen molar-refractivity contribution in [2.45, 2.75) is 26.3 Å². The molecule has 1 fully saturated rings. The Morgan fingerprint density at radius 1 is 1.35 bits per heavy atom. The summed E-state index contributed by atoms with van der Waals surface area (Å²) in [5.41, 5.74) is 1.54. The predicted octanol–water partition coefficient (Wildman–Crippen LogP) is 3.80. The molecule has 0 spiro atoms. The molecule has 0 radical (unpaired) electrons. The Kier molecular flexibility index (Phi) is 3.87. The Hall–Kier alpha value is -1.62. The SMILES string of the molecule is Cc1ncc(CNc2ccc(N3CCCC3)c(F)c2)s1. The van der Waals surface area contributed by atoms with Crippen molar-refractivity contribution in [3.63, 3.8) is 0 Å². The molecule has 1 aliphatic rings. The lowest BCUT2D eigenvalue weighted by Gasteiger charge is -2.19. The molecule has 3 rings (SSSR count). The zero-order valence-corrected chi connectivity index (χ0v) is 12.3. The number of hydrogen-bond acceptors (Lipinski definition) is 4. The molecule has 106 valence electrons. The lowest BCUT2D eigenvalue weighted by molar-refractivity contribution is 0.623. The van der Waals surface area contributed by atoms with Crippen LogP contribution in [0.15, 0.2) is 24.4 Å². The molecule has 0 atom stereocenters. The summed E-state index contributed by atoms with van der Waals surface area (Å²) in [6, 6.07) is 5.41. The quantitative estimate of drug-likeness (QED) is 0.928. The van der Waals surface area contributed by atoms with Gasteiger partial charge in [0.1, 0.15) is 5.82 Å². The highest BCUT2D eigenvalue weighted by Gasteiger charge is 2.16. The van der Waals surface area contributed by atoms with Crippen LogP contribution in [0.2, 0.25) is 0 Å². The van der Waals surface area contributed by atoms with Crippen LogP contribution in [0.5, 0.6) is 0 Å². The molecule has 5 heteroatoms. The van der Waals surface area contributed by atoms with E-state index in [0.29, 0.717) is 6.54 Å². The normalized spacial score (nSPS) is 14.8. The summed E-state index contributed by atoms with van der Waals surface area (Å²) in [5.74, 6) is -0.141. The van der Waals surface area contributed by atoms with Gasteiger partial charge in [-0.1, -0.05) is 0 Å². The van der Waals surface area contributed by atoms with Gasteiger partial charge in [-0.05, 0) is 38.0 Å². The maximum atomic E-state index is 14.1. The molecule has 0 amide bonds. The van der Waals surface area contributed by atoms with Crippen molar-refractivity contribution in [1.82, 2.24) is 4.98 Å². The predicted molar refractivity (Wildman–Crippen MR) is 82.0 cm³/mol. The van der Waals surface area contributed by atoms with E-state index in [1.807, 2.05) is 25.3 Å². The maximum absolute atomic E-state index is 14.1. The topological polar surface area (TPSA) is 28.2 Å². The Morgan fingerprint density at radius 3 is 2.80 bits per heavy atom. The summed E-state index contributed by atoms with van der Waals surface area (Å²) in [6.07, 6.45) is 4.18. The summed E-state index contributed by atoms with van der Waals surface area (Å²) in [6.45, 7) is 4.60. The third-order valence-corrected chi connectivity index (χ3v) is 4.44. The number of hydrogen-bond donors (Lipinski definition) is 1. The third kappa shape index (κ3) is 2.93. The van der Waals surface area contributed by atoms with E-state index < -0.39 is 0 Å². The fourth-order valence-corrected chi connectivity index (χ4v) is 3.24. The van der Waals surface area contributed by atoms with Gasteiger partial charge in [-0.15, -0.1) is 11.3 Å². The highest BCUT2D eigenvalue weighted by atomic mass is 32.1. The number of nitrogens with one attached hydrogen (secondary N) is 1. The van der Waals surface area contributed by atoms with Gasteiger partial charge in [0.25, 0.3) is 0 Å². The fourth-order valence-electron chi connectivity index (χ4n) is 2.51. The number of anilines is 2. The smallest absolute Gasteiger partial charge is 0.148 e. The van der Waals surface area contributed by atoms with Crippen molar-refractivity contribution in [3.05, 3.63) is 40.1 Å². The second kappa shape index (κ2) is 5.79. The number of aryl methyl sites for hydroxylation is 1. The third-order valence-electron chi connectivity index (χ3n) is 3.53. The van der Waals surface area contributed by atoms with E-state index in [2.05, 4.69) is 15.2 Å². The molecule has 0 unspecified atom stereocenters. The molecule has 0 bridgehead atoms. The Balaban J connectivity index is 1.67. The number of aromatic nitrogens is 1. The molecule has 3 nitrogen and oxygen atoms in total. The minimum absolute atomic E-state index is 0.141. The van der Waals surface area contributed by atoms with Crippen LogP contribution < -0.4 is 10.2 Å². The van der Waals surface area contributed by atoms with Gasteiger partial charge in [0.2, 0.25) is 0 Å². The number of halogens is 1. The van der Waals surface area contributed by atoms with Crippen LogP contribution in [0.25, 0.3) is 0 Å². The molecule has 0 saturated carbocycles. The first-order chi connectivity index (χ1) is 9.72. The minimum Gasteiger partial charge on any atom is -0.380 e. The van der Waals surface area contributed by atoms with E-state index in [0.717, 1.165) is 47.2 Å². The number of benzene rings is 1. The number of nitrogens with zero attached hydrogens (tertiary/aromatic N) is 2. The van der Waals surface area contributed by atoms with E-state index >= 15 is 0 Å². The van der Waals surface area contributed by atoms with Crippen LogP contribution in [0.1, 0.15) is 22.7 Å². The van der Waals surface area contributed by atoms with Crippen LogP contribution in [-0.2, 0) is 6.54 Å². The van der Waals surface area contributed by atoms with Gasteiger partial charge < -0.3 is 10.2 Å². The molecule has 1 N–H and O–H groups in total. The molecule has 1 saturated heterocycles. The molecule has 2 aromatic rings. The summed E-state index contributed by atoms with van der Waals surface area (Å²) in [7, 11) is 0. The van der Waals surface area contributed by atoms with Crippen LogP contribution in [0, 0.1) is 12.7 Å². The van der Waals surface area contributed by atoms with Crippen molar-refractivity contribution in [3.8, 4) is 0 Å². The van der Waals surface area contributed by atoms with Crippen LogP contribution >= 0.6 is 11.3 Å². The van der Waals surface area contributed by atoms with E-state index in [-0.39, 0.29) is 5.82 Å². The van der Waals surface area contributed by atoms with Gasteiger partial charge in [0.05, 0.1) is 17.2 Å². The van der Waals surface area contributed by atoms with Crippen molar-refractivity contribution in [2.75, 3.05) is 23.3 Å². The highest BCUT2D eigenvalue weighted by Crippen LogP contribution is 2.26. The molecule has 1 aromatic heterocycles. The number of rotatable bonds is 4. The molecule has 0 aliphatic carbocycles. The van der Waals surface area contributed by atoms with Gasteiger partial charge in [-0.3, -0.25) is 0 Å². The molecule has 2 heterocycles. The van der Waals surface area contributed by atoms with Gasteiger partial charge in [-0.25, -0.2) is 9.37 Å². The lowest BCUT2D eigenvalue weighted by Crippen LogP contribution is -2.18. The van der Waals surface area contributed by atoms with Gasteiger partial charge in [-0.2, -0.15) is 0 Å². The zero-order chi connectivity index (χ0) is 13.9. The average Bonchev–Trinajstić information content (AvgIpc) is 3.08. The summed E-state index contributed by atoms with van der Waals surface area (Å²) in [5, 5.41) is 4.30. The maximum Gasteiger partial charge on any atom is 0.148 e. The zero-order valence-electron chi connectivity index (χ0n) is 11.5. The van der Waals surface area contributed by atoms with E-state index in [4.69, 9.17) is 0 Å². The summed E-state index contributed by atoms with van der Waals surface area (Å²) in [4.78, 5) is 7.49. The second-order valence-corrected chi connectivity index (χ2v) is 6.38. The first kappa shape index (κ1) is 13.4. The van der Waals surface area contributed by atoms with Crippen LogP contribution in [0.3, 0.4) is 0 Å². The van der Waals surface area contributed by atoms with Gasteiger partial charge in [0, 0.05) is 29.9 Å². The minimum atomic E-state index is -0.141. The Bertz CT molecular complexity index is 591. The van der Waals surface area contributed by atoms with Crippen molar-refractivity contribution < 1.29 is 4.39 Å². The molecule has 20 heavy (non-hydrogen) atoms. The summed E-state index contributed by atoms with van der Waals surface area (Å²) >= 11 is 1.66. The molecule has 1 aromatic carbocycles. The first-order valence-electron chi connectivity index (χ1n) is 6.92. The Labute approximate surface area is 122 Å². The van der Waals surface area contributed by atoms with Crippen molar-refractivity contribution >= 4 is 22.7 Å². The monoisotopic (exact) mass is 291 g/mol. The summed E-state index contributed by atoms with van der Waals surface area (Å²) < 4.78 is 14.1. The molecular formula is C15H18FN3S. The molecule has 1 aliphatic heterocycles. The largest absolute Gasteiger partial charge is 0.380 e. The first-order valence-corrected chi connectivity index (χ1v) is 7.74. The highest BCUT2D eigenvalue weighted by molar-refractivity contribution is 7.11. The van der Waals surface area contributed by atoms with Crippen molar-refractivity contribution in [1.29, 1.82) is 0 Å². The molecular weight excluding hydrogens is 273 g/mol. The fraction of sp³-hybridized carbons (Fsp3) is 0.400. The average molecular weight is 291 g/mol. The van der Waals surface area contributed by atoms with E-state index in [1.54, 1.807) is 17.4 Å². The van der Waals surface area contributed by atoms with Crippen LogP contribution in [-0.4, -0.2) is 18.1 Å². The number of thiazole rings is 1. The van der Waals surface area contributed by atoms with E-state index in [9.17, 15) is 4.39 Å². The second-order valence-electron chi connectivity index (χ2n) is 5.06. The lowest BCUT2D eigenvalue weighted by atomic mass is 10.2. The standard InChI is InChI=1S/C15H18FN3S/c1-11-17-9-13(20-11)10-18-12-4-5-15(14(16)8-12)19-6-2-3-7-19/h4-5,8-9,18H,2-3,6-7,10H2,1H3. The van der Waals surface area contributed by atoms with E-state index in [1.165, 1.54) is 0 Å². The Morgan fingerprint density at radius 2 is 2.15 bits per heavy atom. The van der Waals surface area contributed by atoms with Gasteiger partial charge >= 0.3 is 0 Å². The van der Waals surface area contributed by atoms with Crippen molar-refractivity contribution in [2.24, 2.45) is 0 Å².